The van der Waals surface area contributed by atoms with Crippen molar-refractivity contribution in [2.24, 2.45) is 0 Å². The molecule has 0 bridgehead atoms. The Morgan fingerprint density at radius 2 is 1.27 bits per heavy atom. The number of rotatable bonds is 2. The molecule has 2 aromatic rings. The maximum Gasteiger partial charge on any atom is 0.127 e. The van der Waals surface area contributed by atoms with Crippen LogP contribution < -0.4 is 4.74 Å². The molecule has 0 radical (unpaired) electrons. The van der Waals surface area contributed by atoms with Gasteiger partial charge in [-0.3, -0.25) is 0 Å². The molecule has 2 aromatic carbocycles. The average Bonchev–Trinajstić information content (AvgIpc) is 2.25. The Hall–Kier alpha value is -1.61. The first kappa shape index (κ1) is 9.93. The summed E-state index contributed by atoms with van der Waals surface area (Å²) in [4.78, 5) is 0.765. The van der Waals surface area contributed by atoms with Crippen LogP contribution in [0.3, 0.4) is 0 Å². The summed E-state index contributed by atoms with van der Waals surface area (Å²) in [5.41, 5.74) is 0. The van der Waals surface area contributed by atoms with Crippen molar-refractivity contribution in [2.75, 3.05) is 0 Å². The third-order valence-electron chi connectivity index (χ3n) is 1.87. The second-order valence-corrected chi connectivity index (χ2v) is 3.50. The maximum atomic E-state index is 12.6. The molecule has 15 heavy (non-hydrogen) atoms. The number of ether oxygens (including phenoxy) is 1. The van der Waals surface area contributed by atoms with E-state index >= 15 is 0 Å². The lowest BCUT2D eigenvalue weighted by molar-refractivity contribution is 0.480. The molecular weight excluding hydrogens is 211 g/mol. The molecule has 0 unspecified atom stereocenters. The highest BCUT2D eigenvalue weighted by Crippen LogP contribution is 2.21. The van der Waals surface area contributed by atoms with Crippen LogP contribution in [0.4, 0.5) is 4.39 Å². The molecule has 76 valence electrons. The molecule has 0 aliphatic heterocycles. The summed E-state index contributed by atoms with van der Waals surface area (Å²) in [6.45, 7) is 0. The predicted octanol–water partition coefficient (Wildman–Crippen LogP) is 3.52. The summed E-state index contributed by atoms with van der Waals surface area (Å²) < 4.78 is 18.1. The monoisotopic (exact) mass is 219 g/mol. The molecule has 2 rings (SSSR count). The van der Waals surface area contributed by atoms with Crippen LogP contribution in [-0.2, 0) is 12.6 Å². The van der Waals surface area contributed by atoms with E-state index in [1.54, 1.807) is 36.4 Å². The van der Waals surface area contributed by atoms with E-state index in [2.05, 4.69) is 0 Å². The average molecular weight is 219 g/mol. The van der Waals surface area contributed by atoms with Crippen molar-refractivity contribution < 1.29 is 9.13 Å². The first-order valence-electron chi connectivity index (χ1n) is 4.44. The number of benzene rings is 2. The Labute approximate surface area is 92.9 Å². The van der Waals surface area contributed by atoms with Gasteiger partial charge >= 0.3 is 0 Å². The van der Waals surface area contributed by atoms with Crippen LogP contribution in [-0.4, -0.2) is 0 Å². The minimum absolute atomic E-state index is 0.275. The van der Waals surface area contributed by atoms with Gasteiger partial charge in [0.15, 0.2) is 0 Å². The third-order valence-corrected chi connectivity index (χ3v) is 2.15. The van der Waals surface area contributed by atoms with Crippen molar-refractivity contribution in [3.8, 4) is 11.5 Å². The van der Waals surface area contributed by atoms with Gasteiger partial charge < -0.3 is 17.4 Å². The van der Waals surface area contributed by atoms with E-state index in [1.807, 2.05) is 0 Å². The zero-order chi connectivity index (χ0) is 10.7. The molecule has 0 spiro atoms. The van der Waals surface area contributed by atoms with Crippen LogP contribution in [0.5, 0.6) is 11.5 Å². The largest absolute Gasteiger partial charge is 0.780 e. The van der Waals surface area contributed by atoms with Crippen LogP contribution in [0.2, 0.25) is 0 Å². The fourth-order valence-corrected chi connectivity index (χ4v) is 1.28. The predicted molar refractivity (Wildman–Crippen MR) is 58.5 cm³/mol. The van der Waals surface area contributed by atoms with Crippen LogP contribution >= 0.6 is 0 Å². The van der Waals surface area contributed by atoms with Gasteiger partial charge in [0.2, 0.25) is 0 Å². The van der Waals surface area contributed by atoms with Gasteiger partial charge in [-0.05, 0) is 36.4 Å². The Balaban J connectivity index is 2.15. The number of halogens is 1. The molecule has 0 aliphatic rings. The van der Waals surface area contributed by atoms with Gasteiger partial charge in [0.1, 0.15) is 17.3 Å². The zero-order valence-corrected chi connectivity index (χ0v) is 8.63. The van der Waals surface area contributed by atoms with Gasteiger partial charge in [0, 0.05) is 0 Å². The van der Waals surface area contributed by atoms with Gasteiger partial charge in [0.25, 0.3) is 0 Å². The first-order valence-corrected chi connectivity index (χ1v) is 4.85. The summed E-state index contributed by atoms with van der Waals surface area (Å²) in [6, 6.07) is 13.0. The zero-order valence-electron chi connectivity index (χ0n) is 7.81. The fraction of sp³-hybridized carbons (Fsp3) is 0. The van der Waals surface area contributed by atoms with Gasteiger partial charge in [0.05, 0.1) is 0 Å². The molecule has 0 atom stereocenters. The van der Waals surface area contributed by atoms with Crippen LogP contribution in [0.1, 0.15) is 0 Å². The quantitative estimate of drug-likeness (QED) is 0.715. The lowest BCUT2D eigenvalue weighted by Gasteiger charge is -2.08. The second kappa shape index (κ2) is 4.28. The highest BCUT2D eigenvalue weighted by molar-refractivity contribution is 7.58. The lowest BCUT2D eigenvalue weighted by Crippen LogP contribution is -1.84. The molecule has 0 amide bonds. The second-order valence-electron chi connectivity index (χ2n) is 3.03. The molecule has 0 fully saturated rings. The topological polar surface area (TPSA) is 9.23 Å². The van der Waals surface area contributed by atoms with Gasteiger partial charge in [-0.15, -0.1) is 0 Å². The van der Waals surface area contributed by atoms with Crippen LogP contribution in [0, 0.1) is 5.82 Å². The molecule has 1 nitrogen and oxygen atoms in total. The highest BCUT2D eigenvalue weighted by atomic mass is 32.1. The van der Waals surface area contributed by atoms with Gasteiger partial charge in [-0.1, -0.05) is 12.1 Å². The van der Waals surface area contributed by atoms with E-state index in [4.69, 9.17) is 17.4 Å². The molecule has 0 aliphatic carbocycles. The Kier molecular flexibility index (Phi) is 2.83. The van der Waals surface area contributed by atoms with Crippen molar-refractivity contribution >= 4 is 12.6 Å². The van der Waals surface area contributed by atoms with E-state index in [9.17, 15) is 4.39 Å². The fourth-order valence-electron chi connectivity index (χ4n) is 1.15. The van der Waals surface area contributed by atoms with Crippen molar-refractivity contribution in [1.29, 1.82) is 0 Å². The first-order chi connectivity index (χ1) is 7.24. The third kappa shape index (κ3) is 2.67. The molecular formula is C12H8FOS-. The van der Waals surface area contributed by atoms with Crippen molar-refractivity contribution in [2.45, 2.75) is 4.90 Å². The summed E-state index contributed by atoms with van der Waals surface area (Å²) in [6.07, 6.45) is 0. The summed E-state index contributed by atoms with van der Waals surface area (Å²) in [5, 5.41) is 0. The molecule has 0 N–H and O–H groups in total. The van der Waals surface area contributed by atoms with E-state index in [1.165, 1.54) is 12.1 Å². The standard InChI is InChI=1S/C12H9FOS/c13-9-1-3-10(4-2-9)14-11-5-7-12(15)8-6-11/h1-8,15H/p-1. The summed E-state index contributed by atoms with van der Waals surface area (Å²) in [5.74, 6) is 1.02. The summed E-state index contributed by atoms with van der Waals surface area (Å²) in [7, 11) is 0. The lowest BCUT2D eigenvalue weighted by atomic mass is 10.3. The van der Waals surface area contributed by atoms with Crippen LogP contribution in [0.15, 0.2) is 53.4 Å². The Morgan fingerprint density at radius 1 is 0.800 bits per heavy atom. The highest BCUT2D eigenvalue weighted by Gasteiger charge is 1.95. The summed E-state index contributed by atoms with van der Waals surface area (Å²) >= 11 is 4.95. The van der Waals surface area contributed by atoms with E-state index in [0.717, 1.165) is 4.90 Å². The van der Waals surface area contributed by atoms with E-state index in [-0.39, 0.29) is 5.82 Å². The van der Waals surface area contributed by atoms with Gasteiger partial charge in [-0.25, -0.2) is 4.39 Å². The maximum absolute atomic E-state index is 12.6. The van der Waals surface area contributed by atoms with Crippen LogP contribution in [0.25, 0.3) is 0 Å². The Bertz CT molecular complexity index is 393. The Morgan fingerprint density at radius 3 is 1.80 bits per heavy atom. The molecule has 0 aromatic heterocycles. The van der Waals surface area contributed by atoms with Crippen molar-refractivity contribution in [3.63, 3.8) is 0 Å². The SMILES string of the molecule is Fc1ccc(Oc2ccc([S-])cc2)cc1. The van der Waals surface area contributed by atoms with Crippen molar-refractivity contribution in [3.05, 3.63) is 54.3 Å². The molecule has 0 saturated carbocycles. The molecule has 0 heterocycles. The van der Waals surface area contributed by atoms with E-state index < -0.39 is 0 Å². The van der Waals surface area contributed by atoms with E-state index in [0.29, 0.717) is 11.5 Å². The number of hydrogen-bond acceptors (Lipinski definition) is 2. The molecule has 3 heteroatoms. The normalized spacial score (nSPS) is 9.93. The van der Waals surface area contributed by atoms with Gasteiger partial charge in [-0.2, -0.15) is 4.90 Å². The minimum atomic E-state index is -0.275. The van der Waals surface area contributed by atoms with Crippen molar-refractivity contribution in [1.82, 2.24) is 0 Å². The minimum Gasteiger partial charge on any atom is -0.780 e. The smallest absolute Gasteiger partial charge is 0.127 e. The molecule has 0 saturated heterocycles. The number of hydrogen-bond donors (Lipinski definition) is 0.